The van der Waals surface area contributed by atoms with Gasteiger partial charge in [-0.05, 0) is 19.8 Å². The van der Waals surface area contributed by atoms with Crippen LogP contribution in [0.25, 0.3) is 0 Å². The number of pyridine rings is 1. The normalized spacial score (nSPS) is 15.5. The topological polar surface area (TPSA) is 98.1 Å². The highest BCUT2D eigenvalue weighted by molar-refractivity contribution is 6.02. The van der Waals surface area contributed by atoms with Crippen LogP contribution in [0.1, 0.15) is 54.9 Å². The first kappa shape index (κ1) is 15.3. The van der Waals surface area contributed by atoms with Crippen LogP contribution in [-0.4, -0.2) is 34.9 Å². The Morgan fingerprint density at radius 2 is 2.19 bits per heavy atom. The van der Waals surface area contributed by atoms with Crippen molar-refractivity contribution >= 4 is 23.7 Å². The molecule has 6 nitrogen and oxygen atoms in total. The summed E-state index contributed by atoms with van der Waals surface area (Å²) in [6.07, 6.45) is 8.16. The number of nitrogens with zero attached hydrogens (tertiary/aromatic N) is 1. The fourth-order valence-electron chi connectivity index (χ4n) is 2.74. The van der Waals surface area contributed by atoms with E-state index in [1.807, 2.05) is 6.92 Å². The third kappa shape index (κ3) is 3.51. The van der Waals surface area contributed by atoms with E-state index in [2.05, 4.69) is 15.6 Å². The van der Waals surface area contributed by atoms with Gasteiger partial charge in [-0.15, -0.1) is 0 Å². The minimum atomic E-state index is -1.02. The summed E-state index contributed by atoms with van der Waals surface area (Å²) in [4.78, 5) is 15.6. The lowest BCUT2D eigenvalue weighted by molar-refractivity contribution is 0.0697. The van der Waals surface area contributed by atoms with E-state index in [-0.39, 0.29) is 11.6 Å². The number of aromatic carboxylic acids is 1. The molecule has 21 heavy (non-hydrogen) atoms. The molecule has 4 N–H and O–H groups in total. The molecule has 2 rings (SSSR count). The Morgan fingerprint density at radius 3 is 2.76 bits per heavy atom. The Bertz CT molecular complexity index is 525. The standard InChI is InChI=1S/C15H22N4O2/c1-2-17-14-11(8-16)13(12(9-18-14)15(20)21)19-10-6-4-3-5-7-10/h8-10,16H,2-7H2,1H3,(H,20,21)(H2,17,18,19). The predicted molar refractivity (Wildman–Crippen MR) is 83.7 cm³/mol. The van der Waals surface area contributed by atoms with Crippen LogP contribution in [0.3, 0.4) is 0 Å². The van der Waals surface area contributed by atoms with Crippen LogP contribution < -0.4 is 10.6 Å². The van der Waals surface area contributed by atoms with Crippen molar-refractivity contribution in [1.29, 1.82) is 5.41 Å². The molecule has 1 aromatic rings. The molecule has 0 spiro atoms. The molecule has 0 amide bonds. The second kappa shape index (κ2) is 7.06. The van der Waals surface area contributed by atoms with Crippen LogP contribution in [0.15, 0.2) is 6.20 Å². The second-order valence-corrected chi connectivity index (χ2v) is 5.27. The zero-order valence-corrected chi connectivity index (χ0v) is 12.3. The monoisotopic (exact) mass is 290 g/mol. The smallest absolute Gasteiger partial charge is 0.339 e. The van der Waals surface area contributed by atoms with E-state index >= 15 is 0 Å². The van der Waals surface area contributed by atoms with Crippen LogP contribution in [-0.2, 0) is 0 Å². The molecule has 0 aliphatic heterocycles. The number of anilines is 2. The van der Waals surface area contributed by atoms with Crippen LogP contribution >= 0.6 is 0 Å². The molecule has 0 atom stereocenters. The molecule has 0 bridgehead atoms. The molecule has 6 heteroatoms. The minimum absolute atomic E-state index is 0.126. The Balaban J connectivity index is 2.39. The molecule has 1 aromatic heterocycles. The lowest BCUT2D eigenvalue weighted by Crippen LogP contribution is -2.25. The third-order valence-electron chi connectivity index (χ3n) is 3.79. The van der Waals surface area contributed by atoms with E-state index < -0.39 is 5.97 Å². The summed E-state index contributed by atoms with van der Waals surface area (Å²) in [7, 11) is 0. The maximum atomic E-state index is 11.4. The maximum absolute atomic E-state index is 11.4. The molecule has 1 fully saturated rings. The van der Waals surface area contributed by atoms with Crippen LogP contribution in [0.4, 0.5) is 11.5 Å². The van der Waals surface area contributed by atoms with Crippen molar-refractivity contribution in [3.63, 3.8) is 0 Å². The Morgan fingerprint density at radius 1 is 1.48 bits per heavy atom. The Kier molecular flexibility index (Phi) is 5.14. The lowest BCUT2D eigenvalue weighted by atomic mass is 9.94. The predicted octanol–water partition coefficient (Wildman–Crippen LogP) is 2.95. The number of carboxylic acids is 1. The lowest BCUT2D eigenvalue weighted by Gasteiger charge is -2.26. The van der Waals surface area contributed by atoms with E-state index in [9.17, 15) is 9.90 Å². The number of carbonyl (C=O) groups is 1. The summed E-state index contributed by atoms with van der Waals surface area (Å²) in [6, 6.07) is 0.271. The highest BCUT2D eigenvalue weighted by Crippen LogP contribution is 2.29. The van der Waals surface area contributed by atoms with E-state index in [0.717, 1.165) is 25.7 Å². The van der Waals surface area contributed by atoms with Gasteiger partial charge < -0.3 is 21.1 Å². The molecule has 0 unspecified atom stereocenters. The summed E-state index contributed by atoms with van der Waals surface area (Å²) in [5.74, 6) is -0.470. The van der Waals surface area contributed by atoms with Gasteiger partial charge in [0.05, 0.1) is 11.3 Å². The number of aromatic nitrogens is 1. The summed E-state index contributed by atoms with van der Waals surface area (Å²) in [6.45, 7) is 2.61. The highest BCUT2D eigenvalue weighted by Gasteiger charge is 2.21. The number of carboxylic acid groups (broad SMARTS) is 1. The molecule has 1 aliphatic carbocycles. The molecule has 1 aliphatic rings. The number of nitrogens with one attached hydrogen (secondary N) is 3. The largest absolute Gasteiger partial charge is 0.478 e. The highest BCUT2D eigenvalue weighted by atomic mass is 16.4. The fourth-order valence-corrected chi connectivity index (χ4v) is 2.74. The van der Waals surface area contributed by atoms with Crippen molar-refractivity contribution in [2.75, 3.05) is 17.2 Å². The average molecular weight is 290 g/mol. The zero-order chi connectivity index (χ0) is 15.2. The average Bonchev–Trinajstić information content (AvgIpc) is 2.48. The van der Waals surface area contributed by atoms with Crippen LogP contribution in [0, 0.1) is 5.41 Å². The van der Waals surface area contributed by atoms with Gasteiger partial charge in [0.25, 0.3) is 0 Å². The minimum Gasteiger partial charge on any atom is -0.478 e. The van der Waals surface area contributed by atoms with Crippen molar-refractivity contribution < 1.29 is 9.90 Å². The summed E-state index contributed by atoms with van der Waals surface area (Å²) >= 11 is 0. The molecule has 0 saturated heterocycles. The van der Waals surface area contributed by atoms with E-state index in [1.165, 1.54) is 18.8 Å². The van der Waals surface area contributed by atoms with Gasteiger partial charge in [-0.1, -0.05) is 19.3 Å². The van der Waals surface area contributed by atoms with Crippen molar-refractivity contribution in [3.05, 3.63) is 17.3 Å². The second-order valence-electron chi connectivity index (χ2n) is 5.27. The van der Waals surface area contributed by atoms with E-state index in [4.69, 9.17) is 5.41 Å². The quantitative estimate of drug-likeness (QED) is 0.604. The van der Waals surface area contributed by atoms with Gasteiger partial charge in [-0.3, -0.25) is 0 Å². The maximum Gasteiger partial charge on any atom is 0.339 e. The molecule has 114 valence electrons. The molecule has 0 radical (unpaired) electrons. The summed E-state index contributed by atoms with van der Waals surface area (Å²) < 4.78 is 0. The summed E-state index contributed by atoms with van der Waals surface area (Å²) in [5, 5.41) is 23.4. The third-order valence-corrected chi connectivity index (χ3v) is 3.79. The molecular weight excluding hydrogens is 268 g/mol. The van der Waals surface area contributed by atoms with E-state index in [0.29, 0.717) is 23.6 Å². The SMILES string of the molecule is CCNc1ncc(C(=O)O)c(NC2CCCCC2)c1C=N. The van der Waals surface area contributed by atoms with Crippen molar-refractivity contribution in [3.8, 4) is 0 Å². The fraction of sp³-hybridized carbons (Fsp3) is 0.533. The van der Waals surface area contributed by atoms with Gasteiger partial charge in [-0.2, -0.15) is 0 Å². The van der Waals surface area contributed by atoms with Crippen LogP contribution in [0.5, 0.6) is 0 Å². The first-order valence-electron chi connectivity index (χ1n) is 7.44. The van der Waals surface area contributed by atoms with Gasteiger partial charge in [0.15, 0.2) is 0 Å². The molecule has 1 heterocycles. The number of rotatable bonds is 6. The van der Waals surface area contributed by atoms with Crippen molar-refractivity contribution in [2.45, 2.75) is 45.1 Å². The zero-order valence-electron chi connectivity index (χ0n) is 12.3. The van der Waals surface area contributed by atoms with Gasteiger partial charge in [0, 0.05) is 25.0 Å². The molecular formula is C15H22N4O2. The Hall–Kier alpha value is -2.11. The number of hydrogen-bond acceptors (Lipinski definition) is 5. The summed E-state index contributed by atoms with van der Waals surface area (Å²) in [5.41, 5.74) is 1.15. The first-order valence-corrected chi connectivity index (χ1v) is 7.44. The van der Waals surface area contributed by atoms with Gasteiger partial charge >= 0.3 is 5.97 Å². The van der Waals surface area contributed by atoms with Crippen LogP contribution in [0.2, 0.25) is 0 Å². The van der Waals surface area contributed by atoms with Crippen molar-refractivity contribution in [1.82, 2.24) is 4.98 Å². The van der Waals surface area contributed by atoms with Gasteiger partial charge in [0.2, 0.25) is 0 Å². The molecule has 1 saturated carbocycles. The Labute approximate surface area is 124 Å². The number of hydrogen-bond donors (Lipinski definition) is 4. The first-order chi connectivity index (χ1) is 10.2. The van der Waals surface area contributed by atoms with Gasteiger partial charge in [-0.25, -0.2) is 9.78 Å². The molecule has 0 aromatic carbocycles. The van der Waals surface area contributed by atoms with E-state index in [1.54, 1.807) is 0 Å². The van der Waals surface area contributed by atoms with Crippen molar-refractivity contribution in [2.24, 2.45) is 0 Å². The van der Waals surface area contributed by atoms with Gasteiger partial charge in [0.1, 0.15) is 11.4 Å².